The van der Waals surface area contributed by atoms with E-state index in [0.29, 0.717) is 26.5 Å². The Balaban J connectivity index is 1.91. The highest BCUT2D eigenvalue weighted by Crippen LogP contribution is 2.30. The number of methoxy groups -OCH3 is 1. The third kappa shape index (κ3) is 3.91. The van der Waals surface area contributed by atoms with Gasteiger partial charge in [-0.25, -0.2) is 9.79 Å². The van der Waals surface area contributed by atoms with E-state index in [1.165, 1.54) is 24.0 Å². The highest BCUT2D eigenvalue weighted by molar-refractivity contribution is 7.07. The number of hydrogen-bond donors (Lipinski definition) is 0. The van der Waals surface area contributed by atoms with Gasteiger partial charge in [0, 0.05) is 0 Å². The first-order chi connectivity index (χ1) is 14.9. The van der Waals surface area contributed by atoms with Crippen LogP contribution >= 0.6 is 11.3 Å². The molecule has 0 N–H and O–H groups in total. The summed E-state index contributed by atoms with van der Waals surface area (Å²) in [4.78, 5) is 31.2. The molecule has 2 heterocycles. The topological polar surface area (TPSA) is 60.7 Å². The molecule has 158 valence electrons. The molecular formula is C25H24N2O3S. The number of aromatic nitrogens is 1. The molecule has 1 aliphatic heterocycles. The van der Waals surface area contributed by atoms with Gasteiger partial charge in [0.2, 0.25) is 0 Å². The lowest BCUT2D eigenvalue weighted by atomic mass is 9.96. The summed E-state index contributed by atoms with van der Waals surface area (Å²) >= 11 is 1.33. The van der Waals surface area contributed by atoms with E-state index in [1.807, 2.05) is 48.5 Å². The standard InChI is InChI=1S/C25H24N2O3S/c1-15(2)18-12-10-17(11-13-18)14-20-23(28)27-22(19-8-6-5-7-9-19)21(24(29)30-4)16(3)26-25(27)31-20/h5-15,22H,1-4H3/b20-14-/t22-/m1/s1. The third-order valence-corrected chi connectivity index (χ3v) is 6.43. The van der Waals surface area contributed by atoms with Crippen LogP contribution in [-0.4, -0.2) is 17.6 Å². The van der Waals surface area contributed by atoms with Crippen LogP contribution in [0.2, 0.25) is 0 Å². The molecular weight excluding hydrogens is 408 g/mol. The summed E-state index contributed by atoms with van der Waals surface area (Å²) in [5, 5.41) is 0. The van der Waals surface area contributed by atoms with Crippen LogP contribution < -0.4 is 14.9 Å². The van der Waals surface area contributed by atoms with Crippen molar-refractivity contribution in [1.29, 1.82) is 0 Å². The summed E-state index contributed by atoms with van der Waals surface area (Å²) in [6.45, 7) is 6.08. The maximum Gasteiger partial charge on any atom is 0.338 e. The average molecular weight is 433 g/mol. The molecule has 31 heavy (non-hydrogen) atoms. The minimum absolute atomic E-state index is 0.167. The minimum Gasteiger partial charge on any atom is -0.466 e. The molecule has 1 aromatic heterocycles. The van der Waals surface area contributed by atoms with Crippen molar-refractivity contribution in [3.63, 3.8) is 0 Å². The lowest BCUT2D eigenvalue weighted by Crippen LogP contribution is -2.39. The first-order valence-corrected chi connectivity index (χ1v) is 11.0. The summed E-state index contributed by atoms with van der Waals surface area (Å²) in [5.41, 5.74) is 3.82. The number of benzene rings is 2. The molecule has 4 rings (SSSR count). The van der Waals surface area contributed by atoms with Crippen molar-refractivity contribution in [1.82, 2.24) is 4.57 Å². The molecule has 0 spiro atoms. The van der Waals surface area contributed by atoms with Gasteiger partial charge in [-0.3, -0.25) is 9.36 Å². The summed E-state index contributed by atoms with van der Waals surface area (Å²) < 4.78 is 7.21. The predicted molar refractivity (Wildman–Crippen MR) is 123 cm³/mol. The average Bonchev–Trinajstić information content (AvgIpc) is 3.07. The van der Waals surface area contributed by atoms with Gasteiger partial charge in [-0.15, -0.1) is 0 Å². The van der Waals surface area contributed by atoms with Gasteiger partial charge >= 0.3 is 5.97 Å². The molecule has 0 amide bonds. The van der Waals surface area contributed by atoms with Crippen LogP contribution in [0.5, 0.6) is 0 Å². The smallest absolute Gasteiger partial charge is 0.338 e. The maximum atomic E-state index is 13.4. The highest BCUT2D eigenvalue weighted by atomic mass is 32.1. The zero-order valence-corrected chi connectivity index (χ0v) is 18.8. The Kier molecular flexibility index (Phi) is 5.74. The van der Waals surface area contributed by atoms with E-state index in [4.69, 9.17) is 4.74 Å². The normalized spacial score (nSPS) is 16.3. The second-order valence-corrected chi connectivity index (χ2v) is 8.81. The summed E-state index contributed by atoms with van der Waals surface area (Å²) in [7, 11) is 1.34. The molecule has 1 aliphatic rings. The van der Waals surface area contributed by atoms with Crippen LogP contribution in [-0.2, 0) is 9.53 Å². The fourth-order valence-electron chi connectivity index (χ4n) is 3.77. The Bertz CT molecular complexity index is 1330. The van der Waals surface area contributed by atoms with Crippen molar-refractivity contribution in [3.8, 4) is 0 Å². The highest BCUT2D eigenvalue weighted by Gasteiger charge is 2.32. The van der Waals surface area contributed by atoms with Gasteiger partial charge in [-0.1, -0.05) is 79.8 Å². The van der Waals surface area contributed by atoms with Gasteiger partial charge in [0.1, 0.15) is 0 Å². The second kappa shape index (κ2) is 8.47. The van der Waals surface area contributed by atoms with E-state index in [-0.39, 0.29) is 5.56 Å². The zero-order valence-electron chi connectivity index (χ0n) is 18.0. The van der Waals surface area contributed by atoms with Gasteiger partial charge in [0.05, 0.1) is 29.0 Å². The summed E-state index contributed by atoms with van der Waals surface area (Å²) in [6.07, 6.45) is 1.88. The number of esters is 1. The number of nitrogens with zero attached hydrogens (tertiary/aromatic N) is 2. The number of allylic oxidation sites excluding steroid dienone is 1. The van der Waals surface area contributed by atoms with Crippen LogP contribution in [0.25, 0.3) is 6.08 Å². The van der Waals surface area contributed by atoms with Crippen LogP contribution in [0.4, 0.5) is 0 Å². The second-order valence-electron chi connectivity index (χ2n) is 7.81. The van der Waals surface area contributed by atoms with Gasteiger partial charge in [-0.05, 0) is 35.6 Å². The van der Waals surface area contributed by atoms with Gasteiger partial charge in [0.25, 0.3) is 5.56 Å². The molecule has 0 fully saturated rings. The van der Waals surface area contributed by atoms with Gasteiger partial charge in [0.15, 0.2) is 4.80 Å². The molecule has 2 aromatic carbocycles. The molecule has 6 heteroatoms. The lowest BCUT2D eigenvalue weighted by Gasteiger charge is -2.24. The van der Waals surface area contributed by atoms with Crippen molar-refractivity contribution in [2.45, 2.75) is 32.7 Å². The predicted octanol–water partition coefficient (Wildman–Crippen LogP) is 3.53. The Morgan fingerprint density at radius 3 is 2.42 bits per heavy atom. The van der Waals surface area contributed by atoms with Crippen LogP contribution in [0.15, 0.2) is 75.7 Å². The van der Waals surface area contributed by atoms with Crippen LogP contribution in [0, 0.1) is 0 Å². The molecule has 0 saturated heterocycles. The van der Waals surface area contributed by atoms with E-state index in [0.717, 1.165) is 11.1 Å². The fourth-order valence-corrected chi connectivity index (χ4v) is 4.82. The van der Waals surface area contributed by atoms with E-state index in [9.17, 15) is 9.59 Å². The van der Waals surface area contributed by atoms with E-state index >= 15 is 0 Å². The molecule has 0 radical (unpaired) electrons. The Labute approximate surface area is 184 Å². The summed E-state index contributed by atoms with van der Waals surface area (Å²) in [6, 6.07) is 17.2. The van der Waals surface area contributed by atoms with Gasteiger partial charge < -0.3 is 4.74 Å². The van der Waals surface area contributed by atoms with Crippen molar-refractivity contribution in [3.05, 3.63) is 102 Å². The van der Waals surface area contributed by atoms with E-state index < -0.39 is 12.0 Å². The van der Waals surface area contributed by atoms with Crippen LogP contribution in [0.3, 0.4) is 0 Å². The minimum atomic E-state index is -0.574. The number of fused-ring (bicyclic) bond motifs is 1. The van der Waals surface area contributed by atoms with E-state index in [1.54, 1.807) is 11.5 Å². The number of hydrogen-bond acceptors (Lipinski definition) is 5. The quantitative estimate of drug-likeness (QED) is 0.593. The lowest BCUT2D eigenvalue weighted by molar-refractivity contribution is -0.136. The number of rotatable bonds is 4. The monoisotopic (exact) mass is 432 g/mol. The SMILES string of the molecule is COC(=O)C1=C(C)N=c2s/c(=C\c3ccc(C(C)C)cc3)c(=O)n2[C@@H]1c1ccccc1. The Morgan fingerprint density at radius 1 is 1.13 bits per heavy atom. The summed E-state index contributed by atoms with van der Waals surface area (Å²) in [5.74, 6) is -0.0291. The third-order valence-electron chi connectivity index (χ3n) is 5.44. The fraction of sp³-hybridized carbons (Fsp3) is 0.240. The molecule has 5 nitrogen and oxygen atoms in total. The van der Waals surface area contributed by atoms with Gasteiger partial charge in [-0.2, -0.15) is 0 Å². The molecule has 1 atom stereocenters. The van der Waals surface area contributed by atoms with Crippen LogP contribution in [0.1, 0.15) is 49.4 Å². The number of thiazole rings is 1. The number of ether oxygens (including phenoxy) is 1. The first-order valence-electron chi connectivity index (χ1n) is 10.2. The number of carbonyl (C=O) groups is 1. The van der Waals surface area contributed by atoms with Crippen molar-refractivity contribution in [2.75, 3.05) is 7.11 Å². The molecule has 0 unspecified atom stereocenters. The number of carbonyl (C=O) groups excluding carboxylic acids is 1. The molecule has 3 aromatic rings. The maximum absolute atomic E-state index is 13.4. The zero-order chi connectivity index (χ0) is 22.1. The molecule has 0 bridgehead atoms. The van der Waals surface area contributed by atoms with Crippen molar-refractivity contribution < 1.29 is 9.53 Å². The molecule has 0 aliphatic carbocycles. The van der Waals surface area contributed by atoms with E-state index in [2.05, 4.69) is 31.0 Å². The van der Waals surface area contributed by atoms with Crippen molar-refractivity contribution in [2.24, 2.45) is 4.99 Å². The first kappa shape index (κ1) is 21.0. The molecule has 0 saturated carbocycles. The Hall–Kier alpha value is -3.25. The largest absolute Gasteiger partial charge is 0.466 e. The Morgan fingerprint density at radius 2 is 1.81 bits per heavy atom. The van der Waals surface area contributed by atoms with Crippen molar-refractivity contribution >= 4 is 23.4 Å².